The second-order valence-electron chi connectivity index (χ2n) is 3.38. The normalized spacial score (nSPS) is 24.5. The average molecular weight is 206 g/mol. The Hall–Kier alpha value is -1.91. The molecule has 1 aliphatic rings. The van der Waals surface area contributed by atoms with Crippen molar-refractivity contribution < 1.29 is 9.76 Å². The standard InChI is InChI=1S/C10H10N2O3/c1-7-10(12(13)14)9(11-15-7)8-5-3-2-4-6-8/h2-7,10H,1H3/t7-,10+/m0/s1. The van der Waals surface area contributed by atoms with Crippen LogP contribution in [0.3, 0.4) is 0 Å². The molecular formula is C10H10N2O3. The number of oxime groups is 1. The molecule has 5 heteroatoms. The van der Waals surface area contributed by atoms with Gasteiger partial charge in [0, 0.05) is 10.5 Å². The van der Waals surface area contributed by atoms with Crippen LogP contribution in [0.1, 0.15) is 12.5 Å². The van der Waals surface area contributed by atoms with E-state index in [4.69, 9.17) is 4.84 Å². The lowest BCUT2D eigenvalue weighted by atomic mass is 10.0. The SMILES string of the molecule is C[C@@H]1ON=C(c2ccccc2)[C@@H]1[N+](=O)[O-]. The minimum absolute atomic E-state index is 0.358. The fourth-order valence-corrected chi connectivity index (χ4v) is 1.58. The molecule has 0 bridgehead atoms. The summed E-state index contributed by atoms with van der Waals surface area (Å²) in [4.78, 5) is 15.4. The molecule has 0 saturated carbocycles. The highest BCUT2D eigenvalue weighted by molar-refractivity contribution is 6.04. The molecule has 1 heterocycles. The minimum Gasteiger partial charge on any atom is -0.384 e. The van der Waals surface area contributed by atoms with E-state index in [-0.39, 0.29) is 4.92 Å². The van der Waals surface area contributed by atoms with Crippen molar-refractivity contribution in [1.29, 1.82) is 0 Å². The molecule has 0 aromatic heterocycles. The predicted octanol–water partition coefficient (Wildman–Crippen LogP) is 1.45. The van der Waals surface area contributed by atoms with E-state index in [2.05, 4.69) is 5.16 Å². The van der Waals surface area contributed by atoms with Gasteiger partial charge in [0.25, 0.3) is 6.04 Å². The van der Waals surface area contributed by atoms with Crippen LogP contribution < -0.4 is 0 Å². The summed E-state index contributed by atoms with van der Waals surface area (Å²) in [6.45, 7) is 1.65. The maximum Gasteiger partial charge on any atom is 0.296 e. The summed E-state index contributed by atoms with van der Waals surface area (Å²) in [5, 5.41) is 14.6. The summed E-state index contributed by atoms with van der Waals surface area (Å²) in [6, 6.07) is 8.19. The van der Waals surface area contributed by atoms with Crippen LogP contribution >= 0.6 is 0 Å². The lowest BCUT2D eigenvalue weighted by molar-refractivity contribution is -0.510. The van der Waals surface area contributed by atoms with Crippen LogP contribution in [-0.2, 0) is 4.84 Å². The van der Waals surface area contributed by atoms with Crippen molar-refractivity contribution in [3.05, 3.63) is 46.0 Å². The molecule has 5 nitrogen and oxygen atoms in total. The third-order valence-electron chi connectivity index (χ3n) is 2.34. The van der Waals surface area contributed by atoms with E-state index < -0.39 is 12.1 Å². The van der Waals surface area contributed by atoms with Gasteiger partial charge in [-0.3, -0.25) is 10.1 Å². The first kappa shape index (κ1) is 9.64. The molecule has 0 N–H and O–H groups in total. The molecule has 0 spiro atoms. The number of rotatable bonds is 2. The Morgan fingerprint density at radius 1 is 1.40 bits per heavy atom. The van der Waals surface area contributed by atoms with Crippen LogP contribution in [0.15, 0.2) is 35.5 Å². The van der Waals surface area contributed by atoms with E-state index in [1.54, 1.807) is 19.1 Å². The molecule has 2 rings (SSSR count). The van der Waals surface area contributed by atoms with Gasteiger partial charge in [-0.25, -0.2) is 0 Å². The second kappa shape index (κ2) is 3.68. The minimum atomic E-state index is -0.868. The summed E-state index contributed by atoms with van der Waals surface area (Å²) < 4.78 is 0. The molecule has 78 valence electrons. The van der Waals surface area contributed by atoms with Crippen LogP contribution in [0.25, 0.3) is 0 Å². The Labute approximate surface area is 86.5 Å². The number of benzene rings is 1. The highest BCUT2D eigenvalue weighted by atomic mass is 16.7. The van der Waals surface area contributed by atoms with E-state index in [1.807, 2.05) is 18.2 Å². The van der Waals surface area contributed by atoms with Crippen LogP contribution in [0.5, 0.6) is 0 Å². The van der Waals surface area contributed by atoms with Gasteiger partial charge >= 0.3 is 0 Å². The van der Waals surface area contributed by atoms with E-state index in [9.17, 15) is 10.1 Å². The molecule has 0 fully saturated rings. The lowest BCUT2D eigenvalue weighted by Crippen LogP contribution is -2.35. The highest BCUT2D eigenvalue weighted by Crippen LogP contribution is 2.19. The Morgan fingerprint density at radius 3 is 2.67 bits per heavy atom. The number of nitrogens with zero attached hydrogens (tertiary/aromatic N) is 2. The van der Waals surface area contributed by atoms with Crippen LogP contribution in [0.4, 0.5) is 0 Å². The number of hydrogen-bond acceptors (Lipinski definition) is 4. The Kier molecular flexibility index (Phi) is 2.37. The molecule has 2 atom stereocenters. The largest absolute Gasteiger partial charge is 0.384 e. The maximum absolute atomic E-state index is 10.8. The van der Waals surface area contributed by atoms with E-state index in [0.717, 1.165) is 5.56 Å². The predicted molar refractivity (Wildman–Crippen MR) is 54.3 cm³/mol. The number of nitro groups is 1. The molecule has 15 heavy (non-hydrogen) atoms. The van der Waals surface area contributed by atoms with Crippen molar-refractivity contribution in [2.75, 3.05) is 0 Å². The van der Waals surface area contributed by atoms with Gasteiger partial charge in [0.15, 0.2) is 11.8 Å². The highest BCUT2D eigenvalue weighted by Gasteiger charge is 2.41. The van der Waals surface area contributed by atoms with Crippen molar-refractivity contribution in [3.63, 3.8) is 0 Å². The molecule has 0 aliphatic carbocycles. The molecule has 1 aromatic carbocycles. The Balaban J connectivity index is 2.34. The van der Waals surface area contributed by atoms with Crippen LogP contribution in [-0.4, -0.2) is 22.8 Å². The first-order valence-electron chi connectivity index (χ1n) is 4.63. The summed E-state index contributed by atoms with van der Waals surface area (Å²) in [5.41, 5.74) is 1.14. The van der Waals surface area contributed by atoms with Gasteiger partial charge in [-0.05, 0) is 6.92 Å². The first-order valence-corrected chi connectivity index (χ1v) is 4.63. The van der Waals surface area contributed by atoms with Gasteiger partial charge < -0.3 is 4.84 Å². The summed E-state index contributed by atoms with van der Waals surface area (Å²) >= 11 is 0. The van der Waals surface area contributed by atoms with Crippen LogP contribution in [0.2, 0.25) is 0 Å². The van der Waals surface area contributed by atoms with E-state index in [1.165, 1.54) is 0 Å². The van der Waals surface area contributed by atoms with Crippen molar-refractivity contribution in [3.8, 4) is 0 Å². The van der Waals surface area contributed by atoms with E-state index >= 15 is 0 Å². The van der Waals surface area contributed by atoms with Crippen molar-refractivity contribution in [2.45, 2.75) is 19.1 Å². The van der Waals surface area contributed by atoms with Crippen molar-refractivity contribution in [1.82, 2.24) is 0 Å². The zero-order valence-electron chi connectivity index (χ0n) is 8.16. The van der Waals surface area contributed by atoms with Gasteiger partial charge in [-0.15, -0.1) is 0 Å². The maximum atomic E-state index is 10.8. The van der Waals surface area contributed by atoms with E-state index in [0.29, 0.717) is 5.71 Å². The fourth-order valence-electron chi connectivity index (χ4n) is 1.58. The van der Waals surface area contributed by atoms with Gasteiger partial charge in [-0.1, -0.05) is 35.5 Å². The second-order valence-corrected chi connectivity index (χ2v) is 3.38. The van der Waals surface area contributed by atoms with Gasteiger partial charge in [-0.2, -0.15) is 0 Å². The quantitative estimate of drug-likeness (QED) is 0.543. The molecule has 1 aliphatic heterocycles. The molecule has 0 radical (unpaired) electrons. The fraction of sp³-hybridized carbons (Fsp3) is 0.300. The topological polar surface area (TPSA) is 64.7 Å². The zero-order valence-corrected chi connectivity index (χ0v) is 8.16. The summed E-state index contributed by atoms with van der Waals surface area (Å²) in [5.74, 6) is 0. The average Bonchev–Trinajstić information content (AvgIpc) is 2.61. The van der Waals surface area contributed by atoms with Crippen molar-refractivity contribution >= 4 is 5.71 Å². The van der Waals surface area contributed by atoms with Gasteiger partial charge in [0.05, 0.1) is 0 Å². The lowest BCUT2D eigenvalue weighted by Gasteiger charge is -2.06. The molecule has 0 unspecified atom stereocenters. The van der Waals surface area contributed by atoms with Gasteiger partial charge in [0.2, 0.25) is 0 Å². The third-order valence-corrected chi connectivity index (χ3v) is 2.34. The molecule has 0 amide bonds. The Morgan fingerprint density at radius 2 is 2.07 bits per heavy atom. The van der Waals surface area contributed by atoms with Crippen LogP contribution in [0, 0.1) is 10.1 Å². The molecular weight excluding hydrogens is 196 g/mol. The van der Waals surface area contributed by atoms with Crippen molar-refractivity contribution in [2.24, 2.45) is 5.16 Å². The smallest absolute Gasteiger partial charge is 0.296 e. The molecule has 1 aromatic rings. The monoisotopic (exact) mass is 206 g/mol. The summed E-state index contributed by atoms with van der Waals surface area (Å²) in [6.07, 6.45) is -0.504. The van der Waals surface area contributed by atoms with Gasteiger partial charge in [0.1, 0.15) is 0 Å². The molecule has 0 saturated heterocycles. The third kappa shape index (κ3) is 1.68. The zero-order chi connectivity index (χ0) is 10.8. The summed E-state index contributed by atoms with van der Waals surface area (Å²) in [7, 11) is 0. The first-order chi connectivity index (χ1) is 7.20. The Bertz CT molecular complexity index is 402. The number of hydrogen-bond donors (Lipinski definition) is 0.